The lowest BCUT2D eigenvalue weighted by molar-refractivity contribution is -0.118. The summed E-state index contributed by atoms with van der Waals surface area (Å²) in [5, 5.41) is 2.94. The molecule has 0 spiro atoms. The highest BCUT2D eigenvalue weighted by Crippen LogP contribution is 2.23. The van der Waals surface area contributed by atoms with Gasteiger partial charge in [-0.05, 0) is 44.4 Å². The number of hydrogen-bond acceptors (Lipinski definition) is 4. The second kappa shape index (κ2) is 9.53. The quantitative estimate of drug-likeness (QED) is 0.800. The number of methoxy groups -OCH3 is 1. The van der Waals surface area contributed by atoms with Gasteiger partial charge in [-0.3, -0.25) is 9.69 Å². The van der Waals surface area contributed by atoms with E-state index in [1.165, 1.54) is 6.42 Å². The zero-order valence-electron chi connectivity index (χ0n) is 14.2. The minimum atomic E-state index is -0.0150. The molecule has 0 aliphatic carbocycles. The largest absolute Gasteiger partial charge is 0.495 e. The maximum absolute atomic E-state index is 12.4. The molecular weight excluding hydrogens is 292 g/mol. The van der Waals surface area contributed by atoms with Crippen LogP contribution in [0.25, 0.3) is 0 Å². The standard InChI is InChI=1S/C18H28N2O3/c1-3-11-20(13-15-8-6-7-12-23-15)14-18(21)19-16-9-4-5-10-17(16)22-2/h4-5,9-10,15H,3,6-8,11-14H2,1-2H3,(H,19,21). The predicted molar refractivity (Wildman–Crippen MR) is 91.9 cm³/mol. The smallest absolute Gasteiger partial charge is 0.238 e. The molecule has 1 aliphatic rings. The van der Waals surface area contributed by atoms with Crippen molar-refractivity contribution in [1.29, 1.82) is 0 Å². The first-order valence-corrected chi connectivity index (χ1v) is 8.49. The van der Waals surface area contributed by atoms with Crippen LogP contribution >= 0.6 is 0 Å². The second-order valence-electron chi connectivity index (χ2n) is 5.97. The Morgan fingerprint density at radius 2 is 2.22 bits per heavy atom. The van der Waals surface area contributed by atoms with Gasteiger partial charge >= 0.3 is 0 Å². The Kier molecular flexibility index (Phi) is 7.36. The fraction of sp³-hybridized carbons (Fsp3) is 0.611. The van der Waals surface area contributed by atoms with E-state index in [1.807, 2.05) is 24.3 Å². The molecule has 1 aliphatic heterocycles. The Morgan fingerprint density at radius 1 is 1.39 bits per heavy atom. The highest BCUT2D eigenvalue weighted by molar-refractivity contribution is 5.93. The van der Waals surface area contributed by atoms with Crippen molar-refractivity contribution in [3.63, 3.8) is 0 Å². The average Bonchev–Trinajstić information content (AvgIpc) is 2.56. The van der Waals surface area contributed by atoms with Gasteiger partial charge in [0.15, 0.2) is 0 Å². The van der Waals surface area contributed by atoms with Crippen molar-refractivity contribution in [2.75, 3.05) is 38.7 Å². The number of hydrogen-bond donors (Lipinski definition) is 1. The Balaban J connectivity index is 1.89. The molecule has 1 unspecified atom stereocenters. The van der Waals surface area contributed by atoms with Gasteiger partial charge in [0.1, 0.15) is 5.75 Å². The molecule has 1 aromatic carbocycles. The molecule has 1 atom stereocenters. The number of amides is 1. The predicted octanol–water partition coefficient (Wildman–Crippen LogP) is 2.91. The van der Waals surface area contributed by atoms with Gasteiger partial charge in [0, 0.05) is 13.2 Å². The van der Waals surface area contributed by atoms with Crippen LogP contribution in [0.1, 0.15) is 32.6 Å². The molecule has 128 valence electrons. The second-order valence-corrected chi connectivity index (χ2v) is 5.97. The third kappa shape index (κ3) is 5.84. The number of para-hydroxylation sites is 2. The van der Waals surface area contributed by atoms with Crippen molar-refractivity contribution < 1.29 is 14.3 Å². The summed E-state index contributed by atoms with van der Waals surface area (Å²) in [6, 6.07) is 7.47. The number of nitrogens with zero attached hydrogens (tertiary/aromatic N) is 1. The fourth-order valence-corrected chi connectivity index (χ4v) is 2.93. The number of carbonyl (C=O) groups is 1. The van der Waals surface area contributed by atoms with Crippen LogP contribution in [-0.2, 0) is 9.53 Å². The summed E-state index contributed by atoms with van der Waals surface area (Å²) >= 11 is 0. The van der Waals surface area contributed by atoms with Crippen LogP contribution in [-0.4, -0.2) is 50.3 Å². The first-order chi connectivity index (χ1) is 11.2. The van der Waals surface area contributed by atoms with Crippen molar-refractivity contribution in [1.82, 2.24) is 4.90 Å². The van der Waals surface area contributed by atoms with E-state index in [1.54, 1.807) is 7.11 Å². The molecule has 23 heavy (non-hydrogen) atoms. The highest BCUT2D eigenvalue weighted by atomic mass is 16.5. The van der Waals surface area contributed by atoms with Crippen molar-refractivity contribution in [3.8, 4) is 5.75 Å². The Hall–Kier alpha value is -1.59. The molecule has 0 bridgehead atoms. The minimum Gasteiger partial charge on any atom is -0.495 e. The Labute approximate surface area is 139 Å². The van der Waals surface area contributed by atoms with E-state index in [0.717, 1.165) is 39.0 Å². The summed E-state index contributed by atoms with van der Waals surface area (Å²) in [6.07, 6.45) is 4.74. The molecule has 0 saturated carbocycles. The summed E-state index contributed by atoms with van der Waals surface area (Å²) in [7, 11) is 1.61. The Morgan fingerprint density at radius 3 is 2.91 bits per heavy atom. The first kappa shape index (κ1) is 17.8. The lowest BCUT2D eigenvalue weighted by Gasteiger charge is -2.29. The number of anilines is 1. The zero-order valence-corrected chi connectivity index (χ0v) is 14.2. The topological polar surface area (TPSA) is 50.8 Å². The van der Waals surface area contributed by atoms with E-state index >= 15 is 0 Å². The van der Waals surface area contributed by atoms with Crippen LogP contribution in [0.15, 0.2) is 24.3 Å². The van der Waals surface area contributed by atoms with E-state index in [9.17, 15) is 4.79 Å². The number of rotatable bonds is 8. The van der Waals surface area contributed by atoms with Crippen molar-refractivity contribution in [3.05, 3.63) is 24.3 Å². The monoisotopic (exact) mass is 320 g/mol. The molecule has 1 saturated heterocycles. The maximum Gasteiger partial charge on any atom is 0.238 e. The van der Waals surface area contributed by atoms with E-state index < -0.39 is 0 Å². The van der Waals surface area contributed by atoms with Crippen LogP contribution in [0.2, 0.25) is 0 Å². The van der Waals surface area contributed by atoms with Gasteiger partial charge in [0.25, 0.3) is 0 Å². The van der Waals surface area contributed by atoms with Crippen LogP contribution in [0.4, 0.5) is 5.69 Å². The van der Waals surface area contributed by atoms with E-state index in [-0.39, 0.29) is 12.0 Å². The lowest BCUT2D eigenvalue weighted by Crippen LogP contribution is -2.40. The molecule has 2 rings (SSSR count). The summed E-state index contributed by atoms with van der Waals surface area (Å²) in [6.45, 7) is 5.09. The van der Waals surface area contributed by atoms with Gasteiger partial charge in [-0.1, -0.05) is 19.1 Å². The van der Waals surface area contributed by atoms with Gasteiger partial charge in [0.05, 0.1) is 25.4 Å². The molecule has 1 heterocycles. The fourth-order valence-electron chi connectivity index (χ4n) is 2.93. The lowest BCUT2D eigenvalue weighted by atomic mass is 10.1. The third-order valence-corrected chi connectivity index (χ3v) is 4.02. The first-order valence-electron chi connectivity index (χ1n) is 8.49. The van der Waals surface area contributed by atoms with Gasteiger partial charge < -0.3 is 14.8 Å². The van der Waals surface area contributed by atoms with E-state index in [0.29, 0.717) is 18.0 Å². The average molecular weight is 320 g/mol. The molecular formula is C18H28N2O3. The van der Waals surface area contributed by atoms with Crippen molar-refractivity contribution in [2.45, 2.75) is 38.7 Å². The van der Waals surface area contributed by atoms with Gasteiger partial charge in [-0.2, -0.15) is 0 Å². The molecule has 1 aromatic rings. The van der Waals surface area contributed by atoms with Crippen LogP contribution in [0.5, 0.6) is 5.75 Å². The van der Waals surface area contributed by atoms with Crippen molar-refractivity contribution >= 4 is 11.6 Å². The van der Waals surface area contributed by atoms with Crippen LogP contribution in [0, 0.1) is 0 Å². The number of benzene rings is 1. The normalized spacial score (nSPS) is 18.0. The third-order valence-electron chi connectivity index (χ3n) is 4.02. The SMILES string of the molecule is CCCN(CC(=O)Nc1ccccc1OC)CC1CCCCO1. The summed E-state index contributed by atoms with van der Waals surface area (Å²) in [5.41, 5.74) is 0.713. The van der Waals surface area contributed by atoms with Crippen LogP contribution < -0.4 is 10.1 Å². The molecule has 1 fully saturated rings. The van der Waals surface area contributed by atoms with Gasteiger partial charge in [-0.25, -0.2) is 0 Å². The zero-order chi connectivity index (χ0) is 16.5. The van der Waals surface area contributed by atoms with Gasteiger partial charge in [-0.15, -0.1) is 0 Å². The molecule has 1 N–H and O–H groups in total. The maximum atomic E-state index is 12.4. The highest BCUT2D eigenvalue weighted by Gasteiger charge is 2.19. The number of carbonyl (C=O) groups excluding carboxylic acids is 1. The summed E-state index contributed by atoms with van der Waals surface area (Å²) < 4.78 is 11.1. The van der Waals surface area contributed by atoms with E-state index in [2.05, 4.69) is 17.1 Å². The molecule has 5 heteroatoms. The summed E-state index contributed by atoms with van der Waals surface area (Å²) in [4.78, 5) is 14.5. The molecule has 5 nitrogen and oxygen atoms in total. The van der Waals surface area contributed by atoms with Crippen LogP contribution in [0.3, 0.4) is 0 Å². The minimum absolute atomic E-state index is 0.0150. The van der Waals surface area contributed by atoms with E-state index in [4.69, 9.17) is 9.47 Å². The molecule has 0 aromatic heterocycles. The number of nitrogens with one attached hydrogen (secondary N) is 1. The molecule has 0 radical (unpaired) electrons. The van der Waals surface area contributed by atoms with Crippen molar-refractivity contribution in [2.24, 2.45) is 0 Å². The molecule has 1 amide bonds. The Bertz CT molecular complexity index is 487. The summed E-state index contributed by atoms with van der Waals surface area (Å²) in [5.74, 6) is 0.664. The van der Waals surface area contributed by atoms with Gasteiger partial charge in [0.2, 0.25) is 5.91 Å². The number of ether oxygens (including phenoxy) is 2.